The van der Waals surface area contributed by atoms with Gasteiger partial charge in [0.25, 0.3) is 0 Å². The average Bonchev–Trinajstić information content (AvgIpc) is 2.56. The lowest BCUT2D eigenvalue weighted by atomic mass is 9.80. The number of rotatable bonds is 9. The Bertz CT molecular complexity index is 467. The van der Waals surface area contributed by atoms with E-state index in [-0.39, 0.29) is 11.8 Å². The van der Waals surface area contributed by atoms with Gasteiger partial charge >= 0.3 is 0 Å². The molecule has 0 aliphatic rings. The molecule has 1 rings (SSSR count). The Balaban J connectivity index is 2.71. The molecule has 4 nitrogen and oxygen atoms in total. The summed E-state index contributed by atoms with van der Waals surface area (Å²) in [6, 6.07) is 9.73. The minimum Gasteiger partial charge on any atom is -0.355 e. The van der Waals surface area contributed by atoms with Gasteiger partial charge < -0.3 is 10.6 Å². The zero-order valence-electron chi connectivity index (χ0n) is 13.9. The van der Waals surface area contributed by atoms with Gasteiger partial charge in [0.15, 0.2) is 0 Å². The predicted molar refractivity (Wildman–Crippen MR) is 89.2 cm³/mol. The summed E-state index contributed by atoms with van der Waals surface area (Å²) >= 11 is 0. The van der Waals surface area contributed by atoms with Gasteiger partial charge in [0, 0.05) is 13.1 Å². The van der Waals surface area contributed by atoms with Crippen LogP contribution in [0.3, 0.4) is 0 Å². The van der Waals surface area contributed by atoms with Crippen molar-refractivity contribution in [3.63, 3.8) is 0 Å². The highest BCUT2D eigenvalue weighted by molar-refractivity contribution is 6.04. The summed E-state index contributed by atoms with van der Waals surface area (Å²) in [5.74, 6) is -0.341. The fourth-order valence-electron chi connectivity index (χ4n) is 2.49. The van der Waals surface area contributed by atoms with E-state index in [0.717, 1.165) is 18.4 Å². The summed E-state index contributed by atoms with van der Waals surface area (Å²) in [5.41, 5.74) is 0.0612. The normalized spacial score (nSPS) is 11.0. The zero-order chi connectivity index (χ0) is 16.4. The Kier molecular flexibility index (Phi) is 7.64. The molecule has 0 atom stereocenters. The highest BCUT2D eigenvalue weighted by atomic mass is 16.2. The second-order valence-electron chi connectivity index (χ2n) is 5.57. The first-order valence-electron chi connectivity index (χ1n) is 8.21. The standard InChI is InChI=1S/C18H28N2O2/c1-4-7-13-19-16(21)18(5-2,6-3)17(22)20-14-15-11-9-8-10-12-15/h8-12H,4-7,13-14H2,1-3H3,(H,19,21)(H,20,22). The molecule has 0 fully saturated rings. The monoisotopic (exact) mass is 304 g/mol. The maximum atomic E-state index is 12.6. The molecule has 0 heterocycles. The van der Waals surface area contributed by atoms with Crippen LogP contribution in [0, 0.1) is 5.41 Å². The first kappa shape index (κ1) is 18.2. The van der Waals surface area contributed by atoms with Crippen LogP contribution in [0.15, 0.2) is 30.3 Å². The molecule has 0 spiro atoms. The molecule has 0 unspecified atom stereocenters. The second kappa shape index (κ2) is 9.23. The first-order chi connectivity index (χ1) is 10.6. The molecule has 2 N–H and O–H groups in total. The van der Waals surface area contributed by atoms with Crippen molar-refractivity contribution in [2.24, 2.45) is 5.41 Å². The van der Waals surface area contributed by atoms with Crippen molar-refractivity contribution in [1.29, 1.82) is 0 Å². The van der Waals surface area contributed by atoms with Crippen molar-refractivity contribution >= 4 is 11.8 Å². The van der Waals surface area contributed by atoms with Crippen molar-refractivity contribution in [2.45, 2.75) is 53.0 Å². The molecule has 0 aliphatic heterocycles. The van der Waals surface area contributed by atoms with Gasteiger partial charge in [-0.3, -0.25) is 9.59 Å². The van der Waals surface area contributed by atoms with Crippen LogP contribution in [-0.2, 0) is 16.1 Å². The van der Waals surface area contributed by atoms with E-state index in [9.17, 15) is 9.59 Å². The van der Waals surface area contributed by atoms with Crippen molar-refractivity contribution in [3.8, 4) is 0 Å². The van der Waals surface area contributed by atoms with Crippen LogP contribution in [0.4, 0.5) is 0 Å². The number of nitrogens with one attached hydrogen (secondary N) is 2. The number of hydrogen-bond donors (Lipinski definition) is 2. The molecule has 0 radical (unpaired) electrons. The van der Waals surface area contributed by atoms with E-state index in [0.29, 0.717) is 25.9 Å². The fourth-order valence-corrected chi connectivity index (χ4v) is 2.49. The van der Waals surface area contributed by atoms with Gasteiger partial charge in [0.2, 0.25) is 11.8 Å². The molecule has 1 aromatic rings. The summed E-state index contributed by atoms with van der Waals surface area (Å²) < 4.78 is 0. The minimum atomic E-state index is -0.970. The first-order valence-corrected chi connectivity index (χ1v) is 8.21. The maximum Gasteiger partial charge on any atom is 0.235 e. The Morgan fingerprint density at radius 2 is 1.55 bits per heavy atom. The van der Waals surface area contributed by atoms with Crippen LogP contribution in [0.1, 0.15) is 52.0 Å². The molecule has 0 saturated heterocycles. The number of hydrogen-bond acceptors (Lipinski definition) is 2. The summed E-state index contributed by atoms with van der Waals surface area (Å²) in [7, 11) is 0. The smallest absolute Gasteiger partial charge is 0.235 e. The molecule has 122 valence electrons. The third-order valence-corrected chi connectivity index (χ3v) is 4.19. The molecule has 1 aromatic carbocycles. The molecular formula is C18H28N2O2. The second-order valence-corrected chi connectivity index (χ2v) is 5.57. The van der Waals surface area contributed by atoms with Crippen molar-refractivity contribution in [2.75, 3.05) is 6.54 Å². The lowest BCUT2D eigenvalue weighted by molar-refractivity contribution is -0.144. The fraction of sp³-hybridized carbons (Fsp3) is 0.556. The van der Waals surface area contributed by atoms with Crippen molar-refractivity contribution < 1.29 is 9.59 Å². The van der Waals surface area contributed by atoms with Crippen molar-refractivity contribution in [3.05, 3.63) is 35.9 Å². The van der Waals surface area contributed by atoms with E-state index in [1.165, 1.54) is 0 Å². The van der Waals surface area contributed by atoms with Crippen LogP contribution in [0.5, 0.6) is 0 Å². The summed E-state index contributed by atoms with van der Waals surface area (Å²) in [6.07, 6.45) is 2.96. The molecule has 0 aromatic heterocycles. The quantitative estimate of drug-likeness (QED) is 0.544. The number of benzene rings is 1. The van der Waals surface area contributed by atoms with Gasteiger partial charge in [-0.15, -0.1) is 0 Å². The van der Waals surface area contributed by atoms with Crippen LogP contribution >= 0.6 is 0 Å². The summed E-state index contributed by atoms with van der Waals surface area (Å²) in [5, 5.41) is 5.82. The molecule has 0 aliphatic carbocycles. The Hall–Kier alpha value is -1.84. The van der Waals surface area contributed by atoms with Gasteiger partial charge in [0.1, 0.15) is 5.41 Å². The average molecular weight is 304 g/mol. The highest BCUT2D eigenvalue weighted by Gasteiger charge is 2.42. The number of carbonyl (C=O) groups excluding carboxylic acids is 2. The summed E-state index contributed by atoms with van der Waals surface area (Å²) in [6.45, 7) is 6.94. The van der Waals surface area contributed by atoms with E-state index >= 15 is 0 Å². The number of unbranched alkanes of at least 4 members (excludes halogenated alkanes) is 1. The maximum absolute atomic E-state index is 12.6. The topological polar surface area (TPSA) is 58.2 Å². The molecule has 0 bridgehead atoms. The predicted octanol–water partition coefficient (Wildman–Crippen LogP) is 3.03. The van der Waals surface area contributed by atoms with Crippen LogP contribution in [0.25, 0.3) is 0 Å². The Morgan fingerprint density at radius 1 is 0.955 bits per heavy atom. The number of amides is 2. The SMILES string of the molecule is CCCCNC(=O)C(CC)(CC)C(=O)NCc1ccccc1. The minimum absolute atomic E-state index is 0.156. The largest absolute Gasteiger partial charge is 0.355 e. The Labute approximate surface area is 133 Å². The third kappa shape index (κ3) is 4.58. The van der Waals surface area contributed by atoms with E-state index in [1.807, 2.05) is 44.2 Å². The molecule has 2 amide bonds. The van der Waals surface area contributed by atoms with Crippen LogP contribution in [-0.4, -0.2) is 18.4 Å². The molecule has 0 saturated carbocycles. The van der Waals surface area contributed by atoms with Crippen LogP contribution in [0.2, 0.25) is 0 Å². The summed E-state index contributed by atoms with van der Waals surface area (Å²) in [4.78, 5) is 25.1. The van der Waals surface area contributed by atoms with Gasteiger partial charge in [-0.1, -0.05) is 57.5 Å². The zero-order valence-corrected chi connectivity index (χ0v) is 13.9. The van der Waals surface area contributed by atoms with E-state index < -0.39 is 5.41 Å². The highest BCUT2D eigenvalue weighted by Crippen LogP contribution is 2.27. The van der Waals surface area contributed by atoms with E-state index in [1.54, 1.807) is 0 Å². The lowest BCUT2D eigenvalue weighted by Gasteiger charge is -2.29. The molecular weight excluding hydrogens is 276 g/mol. The Morgan fingerprint density at radius 3 is 2.09 bits per heavy atom. The molecule has 22 heavy (non-hydrogen) atoms. The number of carbonyl (C=O) groups is 2. The van der Waals surface area contributed by atoms with Crippen LogP contribution < -0.4 is 10.6 Å². The molecule has 4 heteroatoms. The van der Waals surface area contributed by atoms with Gasteiger partial charge in [-0.2, -0.15) is 0 Å². The lowest BCUT2D eigenvalue weighted by Crippen LogP contribution is -2.50. The van der Waals surface area contributed by atoms with E-state index in [4.69, 9.17) is 0 Å². The third-order valence-electron chi connectivity index (χ3n) is 4.19. The van der Waals surface area contributed by atoms with Gasteiger partial charge in [-0.05, 0) is 24.8 Å². The van der Waals surface area contributed by atoms with Crippen molar-refractivity contribution in [1.82, 2.24) is 10.6 Å². The van der Waals surface area contributed by atoms with Gasteiger partial charge in [0.05, 0.1) is 0 Å². The van der Waals surface area contributed by atoms with Gasteiger partial charge in [-0.25, -0.2) is 0 Å². The van der Waals surface area contributed by atoms with E-state index in [2.05, 4.69) is 17.6 Å².